The Morgan fingerprint density at radius 2 is 1.66 bits per heavy atom. The zero-order valence-electron chi connectivity index (χ0n) is 21.1. The van der Waals surface area contributed by atoms with E-state index in [0.717, 1.165) is 22.5 Å². The number of carbonyl (C=O) groups is 2. The average molecular weight is 506 g/mol. The number of nitrogens with zero attached hydrogens (tertiary/aromatic N) is 2. The van der Waals surface area contributed by atoms with Gasteiger partial charge in [0, 0.05) is 13.1 Å². The van der Waals surface area contributed by atoms with E-state index < -0.39 is 34.3 Å². The van der Waals surface area contributed by atoms with E-state index >= 15 is 0 Å². The van der Waals surface area contributed by atoms with Crippen molar-refractivity contribution in [2.24, 2.45) is 0 Å². The lowest BCUT2D eigenvalue weighted by Gasteiger charge is -2.33. The van der Waals surface area contributed by atoms with E-state index in [1.807, 2.05) is 32.9 Å². The number of anilines is 1. The first-order chi connectivity index (χ1) is 16.5. The van der Waals surface area contributed by atoms with E-state index in [4.69, 9.17) is 0 Å². The summed E-state index contributed by atoms with van der Waals surface area (Å²) in [5, 5.41) is 2.83. The van der Waals surface area contributed by atoms with Gasteiger partial charge in [-0.1, -0.05) is 58.0 Å². The monoisotopic (exact) mass is 505 g/mol. The number of carbonyl (C=O) groups excluding carboxylic acids is 2. The zero-order valence-corrected chi connectivity index (χ0v) is 21.9. The van der Waals surface area contributed by atoms with Crippen LogP contribution in [0.4, 0.5) is 10.1 Å². The van der Waals surface area contributed by atoms with E-state index in [1.54, 1.807) is 31.2 Å². The number of benzene rings is 2. The largest absolute Gasteiger partial charge is 0.354 e. The summed E-state index contributed by atoms with van der Waals surface area (Å²) in [5.74, 6) is -1.20. The van der Waals surface area contributed by atoms with Crippen molar-refractivity contribution in [1.82, 2.24) is 10.2 Å². The molecule has 1 unspecified atom stereocenters. The van der Waals surface area contributed by atoms with Crippen LogP contribution in [-0.4, -0.2) is 50.5 Å². The van der Waals surface area contributed by atoms with Crippen LogP contribution in [0, 0.1) is 5.82 Å². The molecule has 0 saturated carbocycles. The summed E-state index contributed by atoms with van der Waals surface area (Å²) >= 11 is 0. The quantitative estimate of drug-likeness (QED) is 0.472. The Balaban J connectivity index is 2.48. The molecule has 0 heterocycles. The van der Waals surface area contributed by atoms with Crippen molar-refractivity contribution in [1.29, 1.82) is 0 Å². The third-order valence-electron chi connectivity index (χ3n) is 5.71. The maximum absolute atomic E-state index is 13.7. The molecule has 1 atom stereocenters. The van der Waals surface area contributed by atoms with Crippen molar-refractivity contribution in [3.63, 3.8) is 0 Å². The molecule has 0 aromatic heterocycles. The Kier molecular flexibility index (Phi) is 10.2. The number of sulfonamides is 1. The topological polar surface area (TPSA) is 86.8 Å². The van der Waals surface area contributed by atoms with Gasteiger partial charge in [0.25, 0.3) is 0 Å². The second-order valence-corrected chi connectivity index (χ2v) is 10.8. The first kappa shape index (κ1) is 28.3. The van der Waals surface area contributed by atoms with Gasteiger partial charge in [-0.2, -0.15) is 0 Å². The molecule has 0 aliphatic rings. The number of hydrogen-bond acceptors (Lipinski definition) is 4. The first-order valence-electron chi connectivity index (χ1n) is 11.9. The van der Waals surface area contributed by atoms with Crippen LogP contribution in [0.1, 0.15) is 57.6 Å². The Morgan fingerprint density at radius 3 is 2.20 bits per heavy atom. The molecule has 2 amide bonds. The summed E-state index contributed by atoms with van der Waals surface area (Å²) in [6, 6.07) is 11.9. The van der Waals surface area contributed by atoms with Gasteiger partial charge in [0.15, 0.2) is 0 Å². The first-order valence-corrected chi connectivity index (χ1v) is 13.7. The van der Waals surface area contributed by atoms with Gasteiger partial charge in [0.05, 0.1) is 11.9 Å². The van der Waals surface area contributed by atoms with Gasteiger partial charge in [-0.15, -0.1) is 0 Å². The van der Waals surface area contributed by atoms with Gasteiger partial charge < -0.3 is 10.2 Å². The highest BCUT2D eigenvalue weighted by Crippen LogP contribution is 2.29. The fraction of sp³-hybridized carbons (Fsp3) is 0.462. The zero-order chi connectivity index (χ0) is 26.2. The van der Waals surface area contributed by atoms with Crippen LogP contribution < -0.4 is 9.62 Å². The third-order valence-corrected chi connectivity index (χ3v) is 6.83. The third kappa shape index (κ3) is 7.78. The van der Waals surface area contributed by atoms with E-state index in [1.165, 1.54) is 17.0 Å². The second kappa shape index (κ2) is 12.7. The van der Waals surface area contributed by atoms with Gasteiger partial charge in [0.2, 0.25) is 21.8 Å². The van der Waals surface area contributed by atoms with Crippen LogP contribution in [0.3, 0.4) is 0 Å². The molecule has 2 aromatic carbocycles. The molecule has 2 aromatic rings. The van der Waals surface area contributed by atoms with Crippen molar-refractivity contribution in [3.05, 3.63) is 65.5 Å². The van der Waals surface area contributed by atoms with E-state index in [-0.39, 0.29) is 18.4 Å². The minimum absolute atomic E-state index is 0.0316. The molecule has 0 aliphatic carbocycles. The molecule has 0 fully saturated rings. The SMILES string of the molecule is CCCNC(=O)C(CC)N(Cc1ccc(F)cc1)C(=O)CN(c1ccccc1C(C)C)S(C)(=O)=O. The van der Waals surface area contributed by atoms with Gasteiger partial charge in [-0.05, 0) is 48.1 Å². The molecule has 0 saturated heterocycles. The molecule has 0 aliphatic heterocycles. The molecule has 9 heteroatoms. The van der Waals surface area contributed by atoms with Crippen molar-refractivity contribution < 1.29 is 22.4 Å². The Hall–Kier alpha value is -2.94. The molecule has 0 spiro atoms. The summed E-state index contributed by atoms with van der Waals surface area (Å²) < 4.78 is 40.2. The molecule has 35 heavy (non-hydrogen) atoms. The Labute approximate surface area is 208 Å². The smallest absolute Gasteiger partial charge is 0.244 e. The Bertz CT molecular complexity index is 1100. The van der Waals surface area contributed by atoms with Crippen molar-refractivity contribution in [3.8, 4) is 0 Å². The van der Waals surface area contributed by atoms with Crippen LogP contribution in [0.5, 0.6) is 0 Å². The van der Waals surface area contributed by atoms with Crippen LogP contribution in [-0.2, 0) is 26.2 Å². The van der Waals surface area contributed by atoms with Crippen molar-refractivity contribution in [2.45, 2.75) is 59.0 Å². The van der Waals surface area contributed by atoms with Crippen LogP contribution in [0.25, 0.3) is 0 Å². The number of amides is 2. The number of rotatable bonds is 12. The van der Waals surface area contributed by atoms with Crippen LogP contribution in [0.15, 0.2) is 48.5 Å². The second-order valence-electron chi connectivity index (χ2n) is 8.85. The molecule has 7 nitrogen and oxygen atoms in total. The fourth-order valence-corrected chi connectivity index (χ4v) is 4.74. The summed E-state index contributed by atoms with van der Waals surface area (Å²) in [5.41, 5.74) is 1.86. The maximum Gasteiger partial charge on any atom is 0.244 e. The minimum Gasteiger partial charge on any atom is -0.354 e. The summed E-state index contributed by atoms with van der Waals surface area (Å²) in [6.45, 7) is 7.68. The van der Waals surface area contributed by atoms with Crippen molar-refractivity contribution >= 4 is 27.5 Å². The lowest BCUT2D eigenvalue weighted by atomic mass is 10.0. The summed E-state index contributed by atoms with van der Waals surface area (Å²) in [6.07, 6.45) is 2.14. The average Bonchev–Trinajstić information content (AvgIpc) is 2.81. The summed E-state index contributed by atoms with van der Waals surface area (Å²) in [7, 11) is -3.81. The van der Waals surface area contributed by atoms with Gasteiger partial charge in [-0.25, -0.2) is 12.8 Å². The molecular formula is C26H36FN3O4S. The summed E-state index contributed by atoms with van der Waals surface area (Å²) in [4.78, 5) is 28.0. The highest BCUT2D eigenvalue weighted by Gasteiger charge is 2.32. The van der Waals surface area contributed by atoms with E-state index in [2.05, 4.69) is 5.32 Å². The van der Waals surface area contributed by atoms with Crippen molar-refractivity contribution in [2.75, 3.05) is 23.7 Å². The van der Waals surface area contributed by atoms with Gasteiger partial charge in [-0.3, -0.25) is 13.9 Å². The van der Waals surface area contributed by atoms with Crippen LogP contribution >= 0.6 is 0 Å². The van der Waals surface area contributed by atoms with Gasteiger partial charge in [0.1, 0.15) is 18.4 Å². The predicted octanol–water partition coefficient (Wildman–Crippen LogP) is 4.05. The number of halogens is 1. The lowest BCUT2D eigenvalue weighted by Crippen LogP contribution is -2.52. The minimum atomic E-state index is -3.81. The highest BCUT2D eigenvalue weighted by atomic mass is 32.2. The molecular weight excluding hydrogens is 469 g/mol. The maximum atomic E-state index is 13.7. The van der Waals surface area contributed by atoms with Gasteiger partial charge >= 0.3 is 0 Å². The van der Waals surface area contributed by atoms with E-state index in [0.29, 0.717) is 24.2 Å². The van der Waals surface area contributed by atoms with Crippen LogP contribution in [0.2, 0.25) is 0 Å². The molecule has 0 bridgehead atoms. The number of hydrogen-bond donors (Lipinski definition) is 1. The lowest BCUT2D eigenvalue weighted by molar-refractivity contribution is -0.140. The highest BCUT2D eigenvalue weighted by molar-refractivity contribution is 7.92. The molecule has 0 radical (unpaired) electrons. The normalized spacial score (nSPS) is 12.3. The molecule has 2 rings (SSSR count). The van der Waals surface area contributed by atoms with E-state index in [9.17, 15) is 22.4 Å². The fourth-order valence-electron chi connectivity index (χ4n) is 3.87. The Morgan fingerprint density at radius 1 is 1.03 bits per heavy atom. The standard InChI is InChI=1S/C26H36FN3O4S/c1-6-16-28-26(32)23(7-2)29(17-20-12-14-21(27)15-13-20)25(31)18-30(35(5,33)34)24-11-9-8-10-22(24)19(3)4/h8-15,19,23H,6-7,16-18H2,1-5H3,(H,28,32). The number of para-hydroxylation sites is 1. The molecule has 1 N–H and O–H groups in total. The predicted molar refractivity (Wildman–Crippen MR) is 137 cm³/mol. The number of nitrogens with one attached hydrogen (secondary N) is 1. The molecule has 192 valence electrons.